The van der Waals surface area contributed by atoms with Crippen LogP contribution in [0.1, 0.15) is 56.2 Å². The Balaban J connectivity index is 2.12. The number of aryl methyl sites for hydroxylation is 2. The van der Waals surface area contributed by atoms with Crippen molar-refractivity contribution in [1.29, 1.82) is 0 Å². The van der Waals surface area contributed by atoms with Crippen LogP contribution in [0.2, 0.25) is 0 Å². The first kappa shape index (κ1) is 14.9. The summed E-state index contributed by atoms with van der Waals surface area (Å²) in [5, 5.41) is 9.97. The van der Waals surface area contributed by atoms with Crippen LogP contribution < -0.4 is 4.74 Å². The molecule has 3 atom stereocenters. The smallest absolute Gasteiger partial charge is 0.122 e. The van der Waals surface area contributed by atoms with Gasteiger partial charge in [-0.05, 0) is 72.1 Å². The monoisotopic (exact) mass is 288 g/mol. The summed E-state index contributed by atoms with van der Waals surface area (Å²) in [5.41, 5.74) is 4.46. The molecule has 116 valence electrons. The fourth-order valence-electron chi connectivity index (χ4n) is 5.16. The number of hydrogen-bond donors (Lipinski definition) is 1. The number of fused-ring (bicyclic) bond motifs is 3. The molecule has 1 aromatic rings. The third-order valence-corrected chi connectivity index (χ3v) is 6.35. The number of rotatable bonds is 2. The molecule has 21 heavy (non-hydrogen) atoms. The molecule has 1 aromatic carbocycles. The number of aliphatic hydroxyl groups is 1. The quantitative estimate of drug-likeness (QED) is 0.891. The highest BCUT2D eigenvalue weighted by atomic mass is 16.5. The molecule has 1 N–H and O–H groups in total. The van der Waals surface area contributed by atoms with Gasteiger partial charge in [0.2, 0.25) is 0 Å². The molecule has 2 aliphatic rings. The van der Waals surface area contributed by atoms with E-state index in [1.807, 2.05) is 0 Å². The van der Waals surface area contributed by atoms with Crippen LogP contribution in [0.4, 0.5) is 0 Å². The minimum absolute atomic E-state index is 0.0722. The Morgan fingerprint density at radius 2 is 2.05 bits per heavy atom. The Morgan fingerprint density at radius 1 is 1.29 bits per heavy atom. The maximum atomic E-state index is 9.97. The molecule has 2 aliphatic carbocycles. The zero-order valence-corrected chi connectivity index (χ0v) is 13.8. The van der Waals surface area contributed by atoms with Crippen molar-refractivity contribution in [3.8, 4) is 5.75 Å². The fraction of sp³-hybridized carbons (Fsp3) is 0.684. The van der Waals surface area contributed by atoms with Crippen LogP contribution in [0.3, 0.4) is 0 Å². The third kappa shape index (κ3) is 2.11. The van der Waals surface area contributed by atoms with E-state index in [2.05, 4.69) is 32.9 Å². The van der Waals surface area contributed by atoms with Crippen molar-refractivity contribution >= 4 is 0 Å². The molecule has 1 saturated carbocycles. The van der Waals surface area contributed by atoms with Gasteiger partial charge in [0.15, 0.2) is 0 Å². The molecule has 0 heterocycles. The molecule has 0 amide bonds. The van der Waals surface area contributed by atoms with E-state index in [9.17, 15) is 5.11 Å². The molecule has 0 spiro atoms. The summed E-state index contributed by atoms with van der Waals surface area (Å²) in [6.45, 7) is 7.14. The highest BCUT2D eigenvalue weighted by Crippen LogP contribution is 2.57. The maximum absolute atomic E-state index is 9.97. The predicted octanol–water partition coefficient (Wildman–Crippen LogP) is 4.01. The van der Waals surface area contributed by atoms with Crippen LogP contribution in [-0.2, 0) is 11.8 Å². The molecule has 0 saturated heterocycles. The second-order valence-electron chi connectivity index (χ2n) is 7.65. The zero-order valence-electron chi connectivity index (χ0n) is 13.8. The van der Waals surface area contributed by atoms with Gasteiger partial charge in [0.05, 0.1) is 7.11 Å². The van der Waals surface area contributed by atoms with Gasteiger partial charge in [-0.15, -0.1) is 0 Å². The van der Waals surface area contributed by atoms with E-state index in [1.54, 1.807) is 7.11 Å². The van der Waals surface area contributed by atoms with Crippen molar-refractivity contribution in [3.05, 3.63) is 28.8 Å². The van der Waals surface area contributed by atoms with Gasteiger partial charge in [-0.25, -0.2) is 0 Å². The van der Waals surface area contributed by atoms with Gasteiger partial charge >= 0.3 is 0 Å². The maximum Gasteiger partial charge on any atom is 0.122 e. The molecule has 0 unspecified atom stereocenters. The van der Waals surface area contributed by atoms with Gasteiger partial charge in [0, 0.05) is 6.61 Å². The lowest BCUT2D eigenvalue weighted by atomic mass is 9.50. The van der Waals surface area contributed by atoms with Crippen molar-refractivity contribution in [1.82, 2.24) is 0 Å². The van der Waals surface area contributed by atoms with Crippen LogP contribution >= 0.6 is 0 Å². The molecular formula is C19H28O2. The highest BCUT2D eigenvalue weighted by molar-refractivity contribution is 5.47. The fourth-order valence-corrected chi connectivity index (χ4v) is 5.16. The number of aliphatic hydroxyl groups excluding tert-OH is 1. The molecule has 3 rings (SSSR count). The van der Waals surface area contributed by atoms with Crippen molar-refractivity contribution in [3.63, 3.8) is 0 Å². The van der Waals surface area contributed by atoms with E-state index in [0.717, 1.165) is 18.6 Å². The Morgan fingerprint density at radius 3 is 2.71 bits per heavy atom. The second kappa shape index (κ2) is 5.01. The van der Waals surface area contributed by atoms with Gasteiger partial charge < -0.3 is 9.84 Å². The van der Waals surface area contributed by atoms with Crippen LogP contribution in [0, 0.1) is 18.3 Å². The lowest BCUT2D eigenvalue weighted by molar-refractivity contribution is -0.0179. The minimum atomic E-state index is 0.0722. The molecule has 2 nitrogen and oxygen atoms in total. The average molecular weight is 288 g/mol. The minimum Gasteiger partial charge on any atom is -0.496 e. The lowest BCUT2D eigenvalue weighted by Crippen LogP contribution is -2.50. The molecule has 1 fully saturated rings. The Kier molecular flexibility index (Phi) is 3.56. The summed E-state index contributed by atoms with van der Waals surface area (Å²) < 4.78 is 5.56. The van der Waals surface area contributed by atoms with Crippen LogP contribution in [0.5, 0.6) is 5.75 Å². The normalized spacial score (nSPS) is 35.0. The van der Waals surface area contributed by atoms with Crippen LogP contribution in [-0.4, -0.2) is 18.8 Å². The summed E-state index contributed by atoms with van der Waals surface area (Å²) >= 11 is 0. The van der Waals surface area contributed by atoms with Gasteiger partial charge in [0.1, 0.15) is 5.75 Å². The van der Waals surface area contributed by atoms with Crippen molar-refractivity contribution in [2.45, 2.75) is 58.3 Å². The average Bonchev–Trinajstić information content (AvgIpc) is 2.46. The van der Waals surface area contributed by atoms with Gasteiger partial charge in [-0.1, -0.05) is 26.3 Å². The molecular weight excluding hydrogens is 260 g/mol. The largest absolute Gasteiger partial charge is 0.496 e. The standard InChI is InChI=1S/C19H28O2/c1-13-10-14-6-7-17-18(2,12-20)8-5-9-19(17,3)15(14)11-16(13)21-4/h10-11,17,20H,5-9,12H2,1-4H3/t17-,18+,19-/m0/s1. The number of ether oxygens (including phenoxy) is 1. The zero-order chi connectivity index (χ0) is 15.3. The van der Waals surface area contributed by atoms with Crippen molar-refractivity contribution < 1.29 is 9.84 Å². The molecule has 0 aliphatic heterocycles. The molecule has 0 aromatic heterocycles. The number of methoxy groups -OCH3 is 1. The van der Waals surface area contributed by atoms with Crippen molar-refractivity contribution in [2.24, 2.45) is 11.3 Å². The Bertz CT molecular complexity index is 551. The number of benzene rings is 1. The first-order chi connectivity index (χ1) is 9.94. The molecule has 0 bridgehead atoms. The van der Waals surface area contributed by atoms with E-state index in [-0.39, 0.29) is 10.8 Å². The van der Waals surface area contributed by atoms with Crippen LogP contribution in [0.25, 0.3) is 0 Å². The van der Waals surface area contributed by atoms with Crippen LogP contribution in [0.15, 0.2) is 12.1 Å². The Labute approximate surface area is 128 Å². The van der Waals surface area contributed by atoms with Crippen molar-refractivity contribution in [2.75, 3.05) is 13.7 Å². The van der Waals surface area contributed by atoms with E-state index < -0.39 is 0 Å². The van der Waals surface area contributed by atoms with Gasteiger partial charge in [-0.3, -0.25) is 0 Å². The summed E-state index contributed by atoms with van der Waals surface area (Å²) in [6, 6.07) is 4.60. The second-order valence-corrected chi connectivity index (χ2v) is 7.65. The predicted molar refractivity (Wildman–Crippen MR) is 85.9 cm³/mol. The summed E-state index contributed by atoms with van der Waals surface area (Å²) in [6.07, 6.45) is 5.93. The van der Waals surface area contributed by atoms with E-state index >= 15 is 0 Å². The Hall–Kier alpha value is -1.02. The number of hydrogen-bond acceptors (Lipinski definition) is 2. The highest BCUT2D eigenvalue weighted by Gasteiger charge is 2.51. The lowest BCUT2D eigenvalue weighted by Gasteiger charge is -2.55. The first-order valence-corrected chi connectivity index (χ1v) is 8.23. The SMILES string of the molecule is COc1cc2c(cc1C)CC[C@H]1[C@@](C)(CO)CCC[C@@]21C. The van der Waals surface area contributed by atoms with E-state index in [4.69, 9.17) is 4.74 Å². The third-order valence-electron chi connectivity index (χ3n) is 6.35. The molecule has 0 radical (unpaired) electrons. The van der Waals surface area contributed by atoms with E-state index in [1.165, 1.54) is 36.0 Å². The van der Waals surface area contributed by atoms with Gasteiger partial charge in [-0.2, -0.15) is 0 Å². The molecule has 2 heteroatoms. The first-order valence-electron chi connectivity index (χ1n) is 8.23. The summed E-state index contributed by atoms with van der Waals surface area (Å²) in [4.78, 5) is 0. The van der Waals surface area contributed by atoms with E-state index in [0.29, 0.717) is 12.5 Å². The summed E-state index contributed by atoms with van der Waals surface area (Å²) in [5.74, 6) is 1.58. The summed E-state index contributed by atoms with van der Waals surface area (Å²) in [7, 11) is 1.76. The topological polar surface area (TPSA) is 29.5 Å². The van der Waals surface area contributed by atoms with Gasteiger partial charge in [0.25, 0.3) is 0 Å².